The second-order valence-corrected chi connectivity index (χ2v) is 11.8. The van der Waals surface area contributed by atoms with E-state index < -0.39 is 8.32 Å². The Hall–Kier alpha value is -0.153. The fourth-order valence-electron chi connectivity index (χ4n) is 1.50. The van der Waals surface area contributed by atoms with E-state index in [0.29, 0.717) is 0 Å². The van der Waals surface area contributed by atoms with E-state index in [0.717, 1.165) is 6.42 Å². The first-order chi connectivity index (χ1) is 7.36. The van der Waals surface area contributed by atoms with Gasteiger partial charge in [0.1, 0.15) is 5.78 Å². The Morgan fingerprint density at radius 3 is 1.82 bits per heavy atom. The van der Waals surface area contributed by atoms with Gasteiger partial charge < -0.3 is 4.43 Å². The van der Waals surface area contributed by atoms with E-state index in [1.54, 1.807) is 6.92 Å². The third-order valence-corrected chi connectivity index (χ3v) is 8.81. The fraction of sp³-hybridized carbons (Fsp3) is 0.929. The fourth-order valence-corrected chi connectivity index (χ4v) is 3.03. The maximum atomic E-state index is 11.7. The Bertz CT molecular complexity index is 274. The number of carbonyl (C=O) groups excluding carboxylic acids is 1. The van der Waals surface area contributed by atoms with E-state index in [2.05, 4.69) is 40.8 Å². The van der Waals surface area contributed by atoms with Crippen molar-refractivity contribution < 1.29 is 9.22 Å². The van der Waals surface area contributed by atoms with Crippen LogP contribution in [-0.4, -0.2) is 20.2 Å². The minimum atomic E-state index is -1.80. The van der Waals surface area contributed by atoms with Crippen LogP contribution >= 0.6 is 0 Å². The Morgan fingerprint density at radius 1 is 1.18 bits per heavy atom. The Morgan fingerprint density at radius 2 is 1.59 bits per heavy atom. The zero-order valence-corrected chi connectivity index (χ0v) is 14.1. The van der Waals surface area contributed by atoms with Crippen LogP contribution in [0, 0.1) is 5.41 Å². The van der Waals surface area contributed by atoms with Gasteiger partial charge in [-0.25, -0.2) is 0 Å². The molecule has 0 bridgehead atoms. The highest BCUT2D eigenvalue weighted by atomic mass is 28.4. The van der Waals surface area contributed by atoms with Gasteiger partial charge in [-0.1, -0.05) is 41.5 Å². The van der Waals surface area contributed by atoms with Gasteiger partial charge in [-0.05, 0) is 31.5 Å². The third-order valence-electron chi connectivity index (χ3n) is 4.33. The van der Waals surface area contributed by atoms with Crippen molar-refractivity contribution >= 4 is 14.1 Å². The Kier molecular flexibility index (Phi) is 5.18. The van der Waals surface area contributed by atoms with Crippen LogP contribution in [0.25, 0.3) is 0 Å². The molecule has 0 N–H and O–H groups in total. The van der Waals surface area contributed by atoms with Crippen molar-refractivity contribution in [3.8, 4) is 0 Å². The highest BCUT2D eigenvalue weighted by Crippen LogP contribution is 2.40. The molecule has 0 spiro atoms. The van der Waals surface area contributed by atoms with Crippen molar-refractivity contribution in [3.05, 3.63) is 0 Å². The highest BCUT2D eigenvalue weighted by molar-refractivity contribution is 6.74. The summed E-state index contributed by atoms with van der Waals surface area (Å²) in [5.41, 5.74) is -0.385. The monoisotopic (exact) mass is 258 g/mol. The minimum absolute atomic E-state index is 0.0286. The molecule has 0 unspecified atom stereocenters. The van der Waals surface area contributed by atoms with Gasteiger partial charge in [-0.2, -0.15) is 0 Å². The van der Waals surface area contributed by atoms with Crippen LogP contribution in [0.3, 0.4) is 0 Å². The second kappa shape index (κ2) is 5.23. The van der Waals surface area contributed by atoms with Crippen LogP contribution in [0.1, 0.15) is 54.9 Å². The third kappa shape index (κ3) is 3.92. The quantitative estimate of drug-likeness (QED) is 0.683. The predicted molar refractivity (Wildman–Crippen MR) is 76.8 cm³/mol. The van der Waals surface area contributed by atoms with Gasteiger partial charge >= 0.3 is 0 Å². The number of hydrogen-bond donors (Lipinski definition) is 0. The average molecular weight is 258 g/mol. The molecule has 0 heterocycles. The summed E-state index contributed by atoms with van der Waals surface area (Å²) in [7, 11) is -1.80. The largest absolute Gasteiger partial charge is 0.413 e. The van der Waals surface area contributed by atoms with Gasteiger partial charge in [0.15, 0.2) is 8.32 Å². The van der Waals surface area contributed by atoms with Crippen LogP contribution in [-0.2, 0) is 9.22 Å². The van der Waals surface area contributed by atoms with Crippen molar-refractivity contribution in [2.45, 2.75) is 79.1 Å². The van der Waals surface area contributed by atoms with Gasteiger partial charge in [-0.3, -0.25) is 4.79 Å². The maximum absolute atomic E-state index is 11.7. The molecule has 2 nitrogen and oxygen atoms in total. The smallest absolute Gasteiger partial charge is 0.192 e. The minimum Gasteiger partial charge on any atom is -0.413 e. The summed E-state index contributed by atoms with van der Waals surface area (Å²) < 4.78 is 6.40. The molecule has 0 aliphatic rings. The molecule has 0 aromatic rings. The molecule has 17 heavy (non-hydrogen) atoms. The molecule has 3 heteroatoms. The van der Waals surface area contributed by atoms with Crippen molar-refractivity contribution in [2.75, 3.05) is 0 Å². The SMILES string of the molecule is CC[C@H](O[Si](C)(C)C(C)(C)C)C(C)(C)C(C)=O. The molecule has 1 atom stereocenters. The molecular formula is C14H30O2Si. The van der Waals surface area contributed by atoms with E-state index in [1.165, 1.54) is 0 Å². The molecule has 0 aromatic carbocycles. The van der Waals surface area contributed by atoms with Gasteiger partial charge in [0.05, 0.1) is 6.10 Å². The lowest BCUT2D eigenvalue weighted by molar-refractivity contribution is -0.130. The zero-order chi connectivity index (χ0) is 14.1. The van der Waals surface area contributed by atoms with Crippen molar-refractivity contribution in [1.82, 2.24) is 0 Å². The lowest BCUT2D eigenvalue weighted by Crippen LogP contribution is -2.49. The first-order valence-corrected chi connectivity index (χ1v) is 9.46. The molecule has 0 aliphatic carbocycles. The van der Waals surface area contributed by atoms with Crippen LogP contribution in [0.15, 0.2) is 0 Å². The lowest BCUT2D eigenvalue weighted by atomic mass is 9.82. The predicted octanol–water partition coefficient (Wildman–Crippen LogP) is 4.40. The summed E-state index contributed by atoms with van der Waals surface area (Å²) in [6.07, 6.45) is 0.917. The van der Waals surface area contributed by atoms with Gasteiger partial charge in [-0.15, -0.1) is 0 Å². The zero-order valence-electron chi connectivity index (χ0n) is 13.1. The Labute approximate surface area is 108 Å². The van der Waals surface area contributed by atoms with E-state index in [9.17, 15) is 4.79 Å². The van der Waals surface area contributed by atoms with Crippen molar-refractivity contribution in [3.63, 3.8) is 0 Å². The van der Waals surface area contributed by atoms with E-state index in [-0.39, 0.29) is 22.3 Å². The van der Waals surface area contributed by atoms with Gasteiger partial charge in [0.2, 0.25) is 0 Å². The average Bonchev–Trinajstić information content (AvgIpc) is 2.11. The first-order valence-electron chi connectivity index (χ1n) is 6.55. The molecule has 0 amide bonds. The first kappa shape index (κ1) is 16.8. The van der Waals surface area contributed by atoms with Gasteiger partial charge in [0, 0.05) is 5.41 Å². The molecule has 0 radical (unpaired) electrons. The second-order valence-electron chi connectivity index (χ2n) is 7.05. The number of rotatable bonds is 5. The lowest BCUT2D eigenvalue weighted by Gasteiger charge is -2.43. The normalized spacial score (nSPS) is 15.8. The number of carbonyl (C=O) groups is 1. The number of ketones is 1. The topological polar surface area (TPSA) is 26.3 Å². The molecule has 0 aromatic heterocycles. The Balaban J connectivity index is 5.03. The van der Waals surface area contributed by atoms with Crippen LogP contribution < -0.4 is 0 Å². The summed E-state index contributed by atoms with van der Waals surface area (Å²) in [6, 6.07) is 0. The molecular weight excluding hydrogens is 228 g/mol. The molecule has 0 saturated carbocycles. The molecule has 0 saturated heterocycles. The molecule has 0 rings (SSSR count). The maximum Gasteiger partial charge on any atom is 0.192 e. The highest BCUT2D eigenvalue weighted by Gasteiger charge is 2.43. The standard InChI is InChI=1S/C14H30O2Si/c1-10-12(14(6,7)11(2)15)16-17(8,9)13(3,4)5/h12H,10H2,1-9H3/t12-/m0/s1. The van der Waals surface area contributed by atoms with Crippen molar-refractivity contribution in [1.29, 1.82) is 0 Å². The number of Topliss-reactive ketones (excluding diaryl/α,β-unsaturated/α-hetero) is 1. The van der Waals surface area contributed by atoms with Crippen LogP contribution in [0.5, 0.6) is 0 Å². The molecule has 102 valence electrons. The summed E-state index contributed by atoms with van der Waals surface area (Å²) >= 11 is 0. The summed E-state index contributed by atoms with van der Waals surface area (Å²) in [5.74, 6) is 0.211. The summed E-state index contributed by atoms with van der Waals surface area (Å²) in [4.78, 5) is 11.7. The van der Waals surface area contributed by atoms with Crippen LogP contribution in [0.4, 0.5) is 0 Å². The van der Waals surface area contributed by atoms with Gasteiger partial charge in [0.25, 0.3) is 0 Å². The van der Waals surface area contributed by atoms with Crippen molar-refractivity contribution in [2.24, 2.45) is 5.41 Å². The van der Waals surface area contributed by atoms with Crippen LogP contribution in [0.2, 0.25) is 18.1 Å². The number of hydrogen-bond acceptors (Lipinski definition) is 2. The van der Waals surface area contributed by atoms with E-state index >= 15 is 0 Å². The van der Waals surface area contributed by atoms with E-state index in [4.69, 9.17) is 4.43 Å². The summed E-state index contributed by atoms with van der Waals surface area (Å²) in [6.45, 7) is 18.9. The summed E-state index contributed by atoms with van der Waals surface area (Å²) in [5, 5.41) is 0.188. The molecule has 0 aliphatic heterocycles. The van der Waals surface area contributed by atoms with E-state index in [1.807, 2.05) is 13.8 Å². The molecule has 0 fully saturated rings.